The van der Waals surface area contributed by atoms with E-state index in [1.54, 1.807) is 26.8 Å². The van der Waals surface area contributed by atoms with Gasteiger partial charge in [0.1, 0.15) is 17.5 Å². The molecule has 2 rings (SSSR count). The van der Waals surface area contributed by atoms with Gasteiger partial charge in [0.05, 0.1) is 0 Å². The van der Waals surface area contributed by atoms with Gasteiger partial charge in [-0.3, -0.25) is 4.79 Å². The number of carbonyl (C=O) groups excluding carboxylic acids is 3. The Kier molecular flexibility index (Phi) is 6.06. The Morgan fingerprint density at radius 2 is 2.08 bits per heavy atom. The van der Waals surface area contributed by atoms with Gasteiger partial charge in [0.2, 0.25) is 0 Å². The summed E-state index contributed by atoms with van der Waals surface area (Å²) in [5.74, 6) is -1.94. The van der Waals surface area contributed by atoms with Crippen molar-refractivity contribution < 1.29 is 29.0 Å². The van der Waals surface area contributed by atoms with Crippen LogP contribution in [-0.4, -0.2) is 40.6 Å². The maximum atomic E-state index is 12.5. The molecule has 1 aliphatic heterocycles. The number of ketones is 1. The summed E-state index contributed by atoms with van der Waals surface area (Å²) in [7, 11) is 0. The Morgan fingerprint density at radius 3 is 2.69 bits per heavy atom. The van der Waals surface area contributed by atoms with Crippen molar-refractivity contribution in [3.63, 3.8) is 0 Å². The molecule has 0 aromatic heterocycles. The summed E-state index contributed by atoms with van der Waals surface area (Å²) >= 11 is 0. The lowest BCUT2D eigenvalue weighted by Crippen LogP contribution is -2.52. The molecule has 0 radical (unpaired) electrons. The van der Waals surface area contributed by atoms with Crippen LogP contribution in [0.5, 0.6) is 0 Å². The number of rotatable bonds is 2. The third kappa shape index (κ3) is 4.06. The van der Waals surface area contributed by atoms with Crippen LogP contribution in [-0.2, 0) is 23.9 Å². The lowest BCUT2D eigenvalue weighted by Gasteiger charge is -2.38. The molecule has 26 heavy (non-hydrogen) atoms. The molecule has 1 N–H and O–H groups in total. The van der Waals surface area contributed by atoms with Gasteiger partial charge < -0.3 is 14.6 Å². The van der Waals surface area contributed by atoms with Crippen LogP contribution in [0, 0.1) is 11.8 Å². The number of aliphatic hydroxyl groups is 1. The molecule has 0 unspecified atom stereocenters. The van der Waals surface area contributed by atoms with Crippen molar-refractivity contribution >= 4 is 17.7 Å². The third-order valence-electron chi connectivity index (χ3n) is 5.54. The van der Waals surface area contributed by atoms with Gasteiger partial charge in [-0.05, 0) is 40.0 Å². The van der Waals surface area contributed by atoms with E-state index in [9.17, 15) is 19.5 Å². The first kappa shape index (κ1) is 20.4. The van der Waals surface area contributed by atoms with E-state index in [1.165, 1.54) is 0 Å². The van der Waals surface area contributed by atoms with E-state index in [0.717, 1.165) is 0 Å². The lowest BCUT2D eigenvalue weighted by molar-refractivity contribution is -0.185. The van der Waals surface area contributed by atoms with Crippen molar-refractivity contribution in [2.75, 3.05) is 0 Å². The van der Waals surface area contributed by atoms with Crippen molar-refractivity contribution in [1.29, 1.82) is 0 Å². The minimum absolute atomic E-state index is 0.0238. The van der Waals surface area contributed by atoms with Gasteiger partial charge >= 0.3 is 11.9 Å². The zero-order chi connectivity index (χ0) is 19.6. The highest BCUT2D eigenvalue weighted by Crippen LogP contribution is 2.39. The fraction of sp³-hybridized carbons (Fsp3) is 0.650. The second-order valence-electron chi connectivity index (χ2n) is 7.62. The summed E-state index contributed by atoms with van der Waals surface area (Å²) in [4.78, 5) is 36.9. The van der Waals surface area contributed by atoms with Crippen LogP contribution < -0.4 is 0 Å². The summed E-state index contributed by atoms with van der Waals surface area (Å²) in [5.41, 5.74) is -0.810. The minimum atomic E-state index is -1.39. The molecule has 5 atom stereocenters. The molecular weight excluding hydrogens is 336 g/mol. The first-order chi connectivity index (χ1) is 12.1. The highest BCUT2D eigenvalue weighted by molar-refractivity contribution is 5.93. The Bertz CT molecular complexity index is 645. The van der Waals surface area contributed by atoms with E-state index in [4.69, 9.17) is 9.47 Å². The van der Waals surface area contributed by atoms with E-state index in [2.05, 4.69) is 6.58 Å². The number of hydrogen-bond donors (Lipinski definition) is 1. The normalized spacial score (nSPS) is 36.3. The molecule has 2 aliphatic rings. The second-order valence-corrected chi connectivity index (χ2v) is 7.62. The summed E-state index contributed by atoms with van der Waals surface area (Å²) in [6.45, 7) is 10.5. The Labute approximate surface area is 154 Å². The zero-order valence-electron chi connectivity index (χ0n) is 15.9. The van der Waals surface area contributed by atoms with Gasteiger partial charge in [-0.15, -0.1) is 0 Å². The fourth-order valence-electron chi connectivity index (χ4n) is 3.50. The van der Waals surface area contributed by atoms with E-state index < -0.39 is 35.7 Å². The van der Waals surface area contributed by atoms with Crippen molar-refractivity contribution in [1.82, 2.24) is 0 Å². The molecular formula is C20H28O6. The standard InChI is InChI=1S/C20H28O6/c1-6-11(2)18(22)26-17-16-14(13(4)19(23)25-16)10-15(21)12(3)8-7-9-20(17,5)24/h6,12,14,16-17,24H,4,7-10H2,1-3,5H3/b11-6-/t12-,14+,16+,17-,20-/m1/s1. The molecule has 0 aromatic carbocycles. The van der Waals surface area contributed by atoms with E-state index in [-0.39, 0.29) is 23.7 Å². The van der Waals surface area contributed by atoms with Crippen LogP contribution in [0.3, 0.4) is 0 Å². The molecule has 6 heteroatoms. The number of allylic oxidation sites excluding steroid dienone is 1. The maximum absolute atomic E-state index is 12.5. The predicted octanol–water partition coefficient (Wildman–Crippen LogP) is 2.49. The molecule has 0 bridgehead atoms. The minimum Gasteiger partial charge on any atom is -0.454 e. The van der Waals surface area contributed by atoms with Crippen molar-refractivity contribution in [3.05, 3.63) is 23.8 Å². The smallest absolute Gasteiger partial charge is 0.334 e. The number of esters is 2. The summed E-state index contributed by atoms with van der Waals surface area (Å²) in [6, 6.07) is 0. The van der Waals surface area contributed by atoms with Crippen LogP contribution in [0.2, 0.25) is 0 Å². The highest BCUT2D eigenvalue weighted by Gasteiger charge is 2.52. The van der Waals surface area contributed by atoms with Crippen LogP contribution in [0.25, 0.3) is 0 Å². The molecule has 1 heterocycles. The maximum Gasteiger partial charge on any atom is 0.334 e. The summed E-state index contributed by atoms with van der Waals surface area (Å²) in [6.07, 6.45) is 1.26. The van der Waals surface area contributed by atoms with Crippen molar-refractivity contribution in [2.24, 2.45) is 11.8 Å². The van der Waals surface area contributed by atoms with E-state index >= 15 is 0 Å². The Balaban J connectivity index is 2.42. The fourth-order valence-corrected chi connectivity index (χ4v) is 3.50. The summed E-state index contributed by atoms with van der Waals surface area (Å²) in [5, 5.41) is 11.0. The van der Waals surface area contributed by atoms with Crippen LogP contribution in [0.15, 0.2) is 23.8 Å². The number of carbonyl (C=O) groups is 3. The van der Waals surface area contributed by atoms with Gasteiger partial charge in [-0.2, -0.15) is 0 Å². The van der Waals surface area contributed by atoms with Crippen molar-refractivity contribution in [3.8, 4) is 0 Å². The SMILES string of the molecule is C=C1C(=O)O[C@@H]2[C@@H](OC(=O)/C(C)=C\C)[C@](C)(O)CCC[C@@H](C)C(=O)C[C@@H]12. The van der Waals surface area contributed by atoms with Gasteiger partial charge in [0.15, 0.2) is 6.10 Å². The predicted molar refractivity (Wildman–Crippen MR) is 95.1 cm³/mol. The summed E-state index contributed by atoms with van der Waals surface area (Å²) < 4.78 is 11.0. The molecule has 2 fully saturated rings. The monoisotopic (exact) mass is 364 g/mol. The van der Waals surface area contributed by atoms with E-state index in [0.29, 0.717) is 24.8 Å². The van der Waals surface area contributed by atoms with Gasteiger partial charge in [-0.1, -0.05) is 19.6 Å². The van der Waals surface area contributed by atoms with Crippen LogP contribution in [0.4, 0.5) is 0 Å². The number of ether oxygens (including phenoxy) is 2. The van der Waals surface area contributed by atoms with Gasteiger partial charge in [0.25, 0.3) is 0 Å². The van der Waals surface area contributed by atoms with Crippen LogP contribution in [0.1, 0.15) is 53.4 Å². The average Bonchev–Trinajstić information content (AvgIpc) is 2.85. The largest absolute Gasteiger partial charge is 0.454 e. The Hall–Kier alpha value is -1.95. The number of fused-ring (bicyclic) bond motifs is 1. The van der Waals surface area contributed by atoms with Crippen LogP contribution >= 0.6 is 0 Å². The molecule has 1 saturated carbocycles. The molecule has 0 amide bonds. The molecule has 1 aliphatic carbocycles. The Morgan fingerprint density at radius 1 is 1.42 bits per heavy atom. The zero-order valence-corrected chi connectivity index (χ0v) is 15.9. The lowest BCUT2D eigenvalue weighted by atomic mass is 9.77. The average molecular weight is 364 g/mol. The molecule has 6 nitrogen and oxygen atoms in total. The number of Topliss-reactive ketones (excluding diaryl/α,β-unsaturated/α-hetero) is 1. The quantitative estimate of drug-likeness (QED) is 0.598. The molecule has 1 saturated heterocycles. The highest BCUT2D eigenvalue weighted by atomic mass is 16.6. The van der Waals surface area contributed by atoms with Crippen molar-refractivity contribution in [2.45, 2.75) is 71.2 Å². The molecule has 0 spiro atoms. The first-order valence-corrected chi connectivity index (χ1v) is 9.07. The second kappa shape index (κ2) is 7.74. The number of hydrogen-bond acceptors (Lipinski definition) is 6. The third-order valence-corrected chi connectivity index (χ3v) is 5.54. The topological polar surface area (TPSA) is 89.9 Å². The van der Waals surface area contributed by atoms with E-state index in [1.807, 2.05) is 6.92 Å². The van der Waals surface area contributed by atoms with Gasteiger partial charge in [-0.25, -0.2) is 9.59 Å². The molecule has 144 valence electrons. The molecule has 0 aromatic rings. The first-order valence-electron chi connectivity index (χ1n) is 9.07. The van der Waals surface area contributed by atoms with Gasteiger partial charge in [0, 0.05) is 29.4 Å².